The lowest BCUT2D eigenvalue weighted by Crippen LogP contribution is -2.24. The first-order valence-corrected chi connectivity index (χ1v) is 6.97. The van der Waals surface area contributed by atoms with Crippen LogP contribution >= 0.6 is 0 Å². The Labute approximate surface area is 111 Å². The fourth-order valence-corrected chi connectivity index (χ4v) is 2.75. The molecule has 3 N–H and O–H groups in total. The molecule has 0 radical (unpaired) electrons. The van der Waals surface area contributed by atoms with Gasteiger partial charge in [0.2, 0.25) is 0 Å². The van der Waals surface area contributed by atoms with Gasteiger partial charge < -0.3 is 11.1 Å². The molecule has 0 bridgehead atoms. The summed E-state index contributed by atoms with van der Waals surface area (Å²) in [4.78, 5) is 0. The Morgan fingerprint density at radius 1 is 1.33 bits per heavy atom. The molecular weight excluding hydrogens is 220 g/mol. The second-order valence-corrected chi connectivity index (χ2v) is 6.60. The SMILES string of the molecule is Cc1cc(C(C)(C)C)ccc1C(N)C1CCNC1. The highest BCUT2D eigenvalue weighted by Crippen LogP contribution is 2.30. The summed E-state index contributed by atoms with van der Waals surface area (Å²) in [6.07, 6.45) is 1.20. The van der Waals surface area contributed by atoms with Gasteiger partial charge in [-0.3, -0.25) is 0 Å². The molecule has 1 aromatic carbocycles. The van der Waals surface area contributed by atoms with Crippen LogP contribution in [0.3, 0.4) is 0 Å². The molecule has 0 saturated carbocycles. The van der Waals surface area contributed by atoms with Crippen LogP contribution < -0.4 is 11.1 Å². The molecule has 2 rings (SSSR count). The van der Waals surface area contributed by atoms with Gasteiger partial charge in [-0.25, -0.2) is 0 Å². The fourth-order valence-electron chi connectivity index (χ4n) is 2.75. The van der Waals surface area contributed by atoms with Crippen LogP contribution in [-0.2, 0) is 5.41 Å². The summed E-state index contributed by atoms with van der Waals surface area (Å²) in [6, 6.07) is 6.95. The average Bonchev–Trinajstić information content (AvgIpc) is 2.80. The minimum absolute atomic E-state index is 0.175. The van der Waals surface area contributed by atoms with Gasteiger partial charge in [-0.05, 0) is 54.5 Å². The molecule has 0 aliphatic carbocycles. The van der Waals surface area contributed by atoms with Crippen LogP contribution in [0.4, 0.5) is 0 Å². The molecule has 1 heterocycles. The van der Waals surface area contributed by atoms with E-state index >= 15 is 0 Å². The van der Waals surface area contributed by atoms with E-state index in [-0.39, 0.29) is 11.5 Å². The highest BCUT2D eigenvalue weighted by atomic mass is 14.9. The second-order valence-electron chi connectivity index (χ2n) is 6.60. The van der Waals surface area contributed by atoms with Crippen molar-refractivity contribution in [2.45, 2.75) is 45.6 Å². The first-order chi connectivity index (χ1) is 8.39. The molecule has 0 amide bonds. The maximum atomic E-state index is 6.42. The van der Waals surface area contributed by atoms with Gasteiger partial charge in [0.1, 0.15) is 0 Å². The predicted octanol–water partition coefficient (Wildman–Crippen LogP) is 2.90. The molecule has 1 aliphatic heterocycles. The van der Waals surface area contributed by atoms with Gasteiger partial charge >= 0.3 is 0 Å². The van der Waals surface area contributed by atoms with Crippen molar-refractivity contribution in [2.24, 2.45) is 11.7 Å². The number of rotatable bonds is 2. The van der Waals surface area contributed by atoms with E-state index in [0.29, 0.717) is 5.92 Å². The van der Waals surface area contributed by atoms with Crippen molar-refractivity contribution in [3.63, 3.8) is 0 Å². The van der Waals surface area contributed by atoms with Crippen LogP contribution in [0.2, 0.25) is 0 Å². The molecule has 1 saturated heterocycles. The summed E-state index contributed by atoms with van der Waals surface area (Å²) in [6.45, 7) is 11.1. The lowest BCUT2D eigenvalue weighted by Gasteiger charge is -2.24. The van der Waals surface area contributed by atoms with Crippen LogP contribution in [0.25, 0.3) is 0 Å². The van der Waals surface area contributed by atoms with E-state index in [2.05, 4.69) is 51.2 Å². The summed E-state index contributed by atoms with van der Waals surface area (Å²) >= 11 is 0. The molecule has 2 nitrogen and oxygen atoms in total. The van der Waals surface area contributed by atoms with Gasteiger partial charge in [-0.2, -0.15) is 0 Å². The molecule has 0 aromatic heterocycles. The molecule has 2 unspecified atom stereocenters. The maximum absolute atomic E-state index is 6.42. The van der Waals surface area contributed by atoms with Crippen molar-refractivity contribution in [3.05, 3.63) is 34.9 Å². The molecule has 2 heteroatoms. The monoisotopic (exact) mass is 246 g/mol. The van der Waals surface area contributed by atoms with E-state index in [1.165, 1.54) is 23.1 Å². The van der Waals surface area contributed by atoms with Crippen molar-refractivity contribution < 1.29 is 0 Å². The van der Waals surface area contributed by atoms with Crippen molar-refractivity contribution in [1.82, 2.24) is 5.32 Å². The quantitative estimate of drug-likeness (QED) is 0.842. The van der Waals surface area contributed by atoms with E-state index in [1.54, 1.807) is 0 Å². The van der Waals surface area contributed by atoms with Gasteiger partial charge in [0.05, 0.1) is 0 Å². The van der Waals surface area contributed by atoms with Gasteiger partial charge in [0, 0.05) is 6.04 Å². The third-order valence-corrected chi connectivity index (χ3v) is 4.10. The molecule has 100 valence electrons. The predicted molar refractivity (Wildman–Crippen MR) is 77.8 cm³/mol. The minimum Gasteiger partial charge on any atom is -0.324 e. The van der Waals surface area contributed by atoms with E-state index in [9.17, 15) is 0 Å². The fraction of sp³-hybridized carbons (Fsp3) is 0.625. The first-order valence-electron chi connectivity index (χ1n) is 6.97. The number of nitrogens with two attached hydrogens (primary N) is 1. The number of hydrogen-bond acceptors (Lipinski definition) is 2. The highest BCUT2D eigenvalue weighted by Gasteiger charge is 2.24. The first kappa shape index (κ1) is 13.6. The third-order valence-electron chi connectivity index (χ3n) is 4.10. The van der Waals surface area contributed by atoms with Gasteiger partial charge in [0.25, 0.3) is 0 Å². The molecule has 18 heavy (non-hydrogen) atoms. The van der Waals surface area contributed by atoms with Gasteiger partial charge in [-0.1, -0.05) is 39.0 Å². The molecule has 0 spiro atoms. The van der Waals surface area contributed by atoms with Crippen LogP contribution in [0.5, 0.6) is 0 Å². The number of aryl methyl sites for hydroxylation is 1. The molecule has 1 aromatic rings. The van der Waals surface area contributed by atoms with Crippen LogP contribution in [-0.4, -0.2) is 13.1 Å². The zero-order valence-electron chi connectivity index (χ0n) is 12.1. The van der Waals surface area contributed by atoms with E-state index in [1.807, 2.05) is 0 Å². The number of benzene rings is 1. The molecular formula is C16H26N2. The average molecular weight is 246 g/mol. The highest BCUT2D eigenvalue weighted by molar-refractivity contribution is 5.36. The zero-order valence-corrected chi connectivity index (χ0v) is 12.1. The Morgan fingerprint density at radius 2 is 2.06 bits per heavy atom. The Kier molecular flexibility index (Phi) is 3.79. The van der Waals surface area contributed by atoms with Crippen LogP contribution in [0.15, 0.2) is 18.2 Å². The molecule has 1 fully saturated rings. The Hall–Kier alpha value is -0.860. The van der Waals surface area contributed by atoms with Crippen molar-refractivity contribution >= 4 is 0 Å². The lowest BCUT2D eigenvalue weighted by molar-refractivity contribution is 0.468. The van der Waals surface area contributed by atoms with E-state index in [0.717, 1.165) is 13.1 Å². The van der Waals surface area contributed by atoms with Crippen LogP contribution in [0, 0.1) is 12.8 Å². The van der Waals surface area contributed by atoms with Crippen molar-refractivity contribution in [2.75, 3.05) is 13.1 Å². The van der Waals surface area contributed by atoms with E-state index in [4.69, 9.17) is 5.73 Å². The van der Waals surface area contributed by atoms with Gasteiger partial charge in [-0.15, -0.1) is 0 Å². The van der Waals surface area contributed by atoms with Crippen molar-refractivity contribution in [3.8, 4) is 0 Å². The second kappa shape index (κ2) is 5.02. The summed E-state index contributed by atoms with van der Waals surface area (Å²) in [5.41, 5.74) is 10.7. The zero-order chi connectivity index (χ0) is 13.3. The number of hydrogen-bond donors (Lipinski definition) is 2. The largest absolute Gasteiger partial charge is 0.324 e. The van der Waals surface area contributed by atoms with E-state index < -0.39 is 0 Å². The summed E-state index contributed by atoms with van der Waals surface area (Å²) in [7, 11) is 0. The smallest absolute Gasteiger partial charge is 0.0338 e. The maximum Gasteiger partial charge on any atom is 0.0338 e. The molecule has 2 atom stereocenters. The topological polar surface area (TPSA) is 38.0 Å². The summed E-state index contributed by atoms with van der Waals surface area (Å²) < 4.78 is 0. The third kappa shape index (κ3) is 2.76. The Balaban J connectivity index is 2.24. The normalized spacial score (nSPS) is 22.2. The standard InChI is InChI=1S/C16H26N2/c1-11-9-13(16(2,3)4)5-6-14(11)15(17)12-7-8-18-10-12/h5-6,9,12,15,18H,7-8,10,17H2,1-4H3. The van der Waals surface area contributed by atoms with Gasteiger partial charge in [0.15, 0.2) is 0 Å². The van der Waals surface area contributed by atoms with Crippen LogP contribution in [0.1, 0.15) is 49.9 Å². The minimum atomic E-state index is 0.175. The van der Waals surface area contributed by atoms with Crippen molar-refractivity contribution in [1.29, 1.82) is 0 Å². The summed E-state index contributed by atoms with van der Waals surface area (Å²) in [5.74, 6) is 0.587. The summed E-state index contributed by atoms with van der Waals surface area (Å²) in [5, 5.41) is 3.40. The Morgan fingerprint density at radius 3 is 2.56 bits per heavy atom. The molecule has 1 aliphatic rings. The number of nitrogens with one attached hydrogen (secondary N) is 1. The Bertz CT molecular complexity index is 412. The lowest BCUT2D eigenvalue weighted by atomic mass is 9.83.